The van der Waals surface area contributed by atoms with E-state index >= 15 is 0 Å². The molecule has 5 heteroatoms. The first kappa shape index (κ1) is 14.0. The van der Waals surface area contributed by atoms with Crippen LogP contribution >= 0.6 is 0 Å². The van der Waals surface area contributed by atoms with Crippen molar-refractivity contribution in [3.8, 4) is 0 Å². The summed E-state index contributed by atoms with van der Waals surface area (Å²) in [6.07, 6.45) is 3.03. The molecule has 1 fully saturated rings. The number of hydrogen-bond acceptors (Lipinski definition) is 3. The Hall–Kier alpha value is -1.10. The molecule has 17 heavy (non-hydrogen) atoms. The molecule has 1 aliphatic rings. The van der Waals surface area contributed by atoms with Crippen molar-refractivity contribution < 1.29 is 14.7 Å². The molecule has 2 N–H and O–H groups in total. The van der Waals surface area contributed by atoms with E-state index in [1.54, 1.807) is 4.90 Å². The van der Waals surface area contributed by atoms with Crippen LogP contribution in [0.2, 0.25) is 0 Å². The lowest BCUT2D eigenvalue weighted by molar-refractivity contribution is -0.138. The molecule has 1 aliphatic heterocycles. The summed E-state index contributed by atoms with van der Waals surface area (Å²) in [7, 11) is 0. The van der Waals surface area contributed by atoms with E-state index in [0.29, 0.717) is 32.5 Å². The molecule has 0 aliphatic carbocycles. The normalized spacial score (nSPS) is 19.9. The van der Waals surface area contributed by atoms with Crippen LogP contribution in [0.5, 0.6) is 0 Å². The summed E-state index contributed by atoms with van der Waals surface area (Å²) in [4.78, 5) is 24.9. The third kappa shape index (κ3) is 4.34. The summed E-state index contributed by atoms with van der Waals surface area (Å²) in [6, 6.07) is 0. The van der Waals surface area contributed by atoms with Crippen LogP contribution in [0.3, 0.4) is 0 Å². The van der Waals surface area contributed by atoms with E-state index in [1.807, 2.05) is 0 Å². The fraction of sp³-hybridized carbons (Fsp3) is 0.833. The highest BCUT2D eigenvalue weighted by Gasteiger charge is 2.27. The summed E-state index contributed by atoms with van der Waals surface area (Å²) < 4.78 is 0. The van der Waals surface area contributed by atoms with Gasteiger partial charge in [-0.15, -0.1) is 0 Å². The van der Waals surface area contributed by atoms with Crippen molar-refractivity contribution in [3.63, 3.8) is 0 Å². The van der Waals surface area contributed by atoms with Gasteiger partial charge in [0.05, 0.1) is 12.5 Å². The molecule has 0 radical (unpaired) electrons. The standard InChI is InChI=1S/C12H22N2O3/c1-2-3-6-14(7-8-15)12(17)10-4-5-11(16)13-9-10/h10,15H,2-9H2,1H3,(H,13,16). The number of hydrogen-bond donors (Lipinski definition) is 2. The lowest BCUT2D eigenvalue weighted by Gasteiger charge is -2.29. The van der Waals surface area contributed by atoms with Crippen LogP contribution in [0.15, 0.2) is 0 Å². The maximum absolute atomic E-state index is 12.2. The zero-order valence-electron chi connectivity index (χ0n) is 10.4. The lowest BCUT2D eigenvalue weighted by Crippen LogP contribution is -2.46. The highest BCUT2D eigenvalue weighted by Crippen LogP contribution is 2.14. The largest absolute Gasteiger partial charge is 0.395 e. The highest BCUT2D eigenvalue weighted by atomic mass is 16.3. The van der Waals surface area contributed by atoms with Crippen LogP contribution in [-0.2, 0) is 9.59 Å². The minimum absolute atomic E-state index is 0.00542. The number of piperidine rings is 1. The Bertz CT molecular complexity index is 258. The number of nitrogens with one attached hydrogen (secondary N) is 1. The molecule has 1 saturated heterocycles. The van der Waals surface area contributed by atoms with Crippen LogP contribution < -0.4 is 5.32 Å². The highest BCUT2D eigenvalue weighted by molar-refractivity contribution is 5.83. The van der Waals surface area contributed by atoms with Crippen LogP contribution in [0, 0.1) is 5.92 Å². The van der Waals surface area contributed by atoms with Crippen molar-refractivity contribution in [3.05, 3.63) is 0 Å². The van der Waals surface area contributed by atoms with E-state index in [2.05, 4.69) is 12.2 Å². The van der Waals surface area contributed by atoms with Crippen molar-refractivity contribution in [2.75, 3.05) is 26.2 Å². The minimum Gasteiger partial charge on any atom is -0.395 e. The predicted octanol–water partition coefficient (Wildman–Crippen LogP) is 0.134. The van der Waals surface area contributed by atoms with E-state index in [4.69, 9.17) is 5.11 Å². The van der Waals surface area contributed by atoms with Gasteiger partial charge >= 0.3 is 0 Å². The summed E-state index contributed by atoms with van der Waals surface area (Å²) >= 11 is 0. The Morgan fingerprint density at radius 3 is 2.82 bits per heavy atom. The van der Waals surface area contributed by atoms with Crippen LogP contribution in [0.25, 0.3) is 0 Å². The number of carbonyl (C=O) groups excluding carboxylic acids is 2. The van der Waals surface area contributed by atoms with Gasteiger partial charge in [-0.05, 0) is 12.8 Å². The molecule has 1 unspecified atom stereocenters. The molecule has 0 bridgehead atoms. The molecule has 0 aromatic rings. The fourth-order valence-corrected chi connectivity index (χ4v) is 2.00. The van der Waals surface area contributed by atoms with Gasteiger partial charge in [-0.2, -0.15) is 0 Å². The zero-order valence-corrected chi connectivity index (χ0v) is 10.4. The van der Waals surface area contributed by atoms with E-state index in [9.17, 15) is 9.59 Å². The molecule has 1 atom stereocenters. The molecule has 1 rings (SSSR count). The van der Waals surface area contributed by atoms with Gasteiger partial charge in [-0.1, -0.05) is 13.3 Å². The van der Waals surface area contributed by atoms with E-state index in [-0.39, 0.29) is 24.3 Å². The molecule has 0 spiro atoms. The predicted molar refractivity (Wildman–Crippen MR) is 64.3 cm³/mol. The second-order valence-electron chi connectivity index (χ2n) is 4.44. The molecular formula is C12H22N2O3. The topological polar surface area (TPSA) is 69.6 Å². The zero-order chi connectivity index (χ0) is 12.7. The minimum atomic E-state index is -0.115. The van der Waals surface area contributed by atoms with Gasteiger partial charge in [0.15, 0.2) is 0 Å². The first-order chi connectivity index (χ1) is 8.19. The Balaban J connectivity index is 2.48. The third-order valence-electron chi connectivity index (χ3n) is 3.08. The molecule has 1 heterocycles. The first-order valence-corrected chi connectivity index (χ1v) is 6.35. The summed E-state index contributed by atoms with van der Waals surface area (Å²) in [6.45, 7) is 3.59. The summed E-state index contributed by atoms with van der Waals surface area (Å²) in [5.74, 6) is -0.0278. The molecule has 0 aromatic carbocycles. The van der Waals surface area contributed by atoms with Gasteiger partial charge in [0.2, 0.25) is 11.8 Å². The van der Waals surface area contributed by atoms with Crippen molar-refractivity contribution >= 4 is 11.8 Å². The average molecular weight is 242 g/mol. The van der Waals surface area contributed by atoms with E-state index in [1.165, 1.54) is 0 Å². The first-order valence-electron chi connectivity index (χ1n) is 6.35. The summed E-state index contributed by atoms with van der Waals surface area (Å²) in [5, 5.41) is 11.7. The maximum Gasteiger partial charge on any atom is 0.227 e. The summed E-state index contributed by atoms with van der Waals surface area (Å²) in [5.41, 5.74) is 0. The molecule has 0 saturated carbocycles. The maximum atomic E-state index is 12.2. The van der Waals surface area contributed by atoms with Crippen molar-refractivity contribution in [1.82, 2.24) is 10.2 Å². The molecular weight excluding hydrogens is 220 g/mol. The van der Waals surface area contributed by atoms with Gasteiger partial charge < -0.3 is 15.3 Å². The molecule has 98 valence electrons. The number of amides is 2. The quantitative estimate of drug-likeness (QED) is 0.696. The Labute approximate surface area is 102 Å². The fourth-order valence-electron chi connectivity index (χ4n) is 2.00. The van der Waals surface area contributed by atoms with Crippen LogP contribution in [0.1, 0.15) is 32.6 Å². The smallest absolute Gasteiger partial charge is 0.227 e. The van der Waals surface area contributed by atoms with Gasteiger partial charge in [0.25, 0.3) is 0 Å². The number of carbonyl (C=O) groups is 2. The van der Waals surface area contributed by atoms with Crippen LogP contribution in [0.4, 0.5) is 0 Å². The van der Waals surface area contributed by atoms with E-state index < -0.39 is 0 Å². The second-order valence-corrected chi connectivity index (χ2v) is 4.44. The van der Waals surface area contributed by atoms with E-state index in [0.717, 1.165) is 12.8 Å². The monoisotopic (exact) mass is 242 g/mol. The third-order valence-corrected chi connectivity index (χ3v) is 3.08. The molecule has 0 aromatic heterocycles. The number of nitrogens with zero attached hydrogens (tertiary/aromatic N) is 1. The van der Waals surface area contributed by atoms with Gasteiger partial charge in [0, 0.05) is 26.1 Å². The Morgan fingerprint density at radius 1 is 1.53 bits per heavy atom. The Kier molecular flexibility index (Phi) is 5.97. The molecule has 5 nitrogen and oxygen atoms in total. The number of aliphatic hydroxyl groups excluding tert-OH is 1. The van der Waals surface area contributed by atoms with Crippen molar-refractivity contribution in [1.29, 1.82) is 0 Å². The SMILES string of the molecule is CCCCN(CCO)C(=O)C1CCC(=O)NC1. The van der Waals surface area contributed by atoms with Crippen molar-refractivity contribution in [2.24, 2.45) is 5.92 Å². The lowest BCUT2D eigenvalue weighted by atomic mass is 9.97. The number of unbranched alkanes of at least 4 members (excludes halogenated alkanes) is 1. The number of aliphatic hydroxyl groups is 1. The van der Waals surface area contributed by atoms with Crippen LogP contribution in [-0.4, -0.2) is 48.1 Å². The molecule has 2 amide bonds. The van der Waals surface area contributed by atoms with Gasteiger partial charge in [0.1, 0.15) is 0 Å². The number of rotatable bonds is 6. The van der Waals surface area contributed by atoms with Gasteiger partial charge in [-0.3, -0.25) is 9.59 Å². The Morgan fingerprint density at radius 2 is 2.29 bits per heavy atom. The van der Waals surface area contributed by atoms with Crippen molar-refractivity contribution in [2.45, 2.75) is 32.6 Å². The second kappa shape index (κ2) is 7.27. The average Bonchev–Trinajstić information content (AvgIpc) is 2.34. The van der Waals surface area contributed by atoms with Gasteiger partial charge in [-0.25, -0.2) is 0 Å².